The van der Waals surface area contributed by atoms with E-state index in [-0.39, 0.29) is 17.4 Å². The number of anilines is 1. The van der Waals surface area contributed by atoms with E-state index in [4.69, 9.17) is 0 Å². The van der Waals surface area contributed by atoms with Gasteiger partial charge in [0.05, 0.1) is 5.69 Å². The van der Waals surface area contributed by atoms with Crippen molar-refractivity contribution >= 4 is 22.6 Å². The Kier molecular flexibility index (Phi) is 4.85. The highest BCUT2D eigenvalue weighted by molar-refractivity contribution is 7.10. The zero-order chi connectivity index (χ0) is 20.5. The molecule has 0 atom stereocenters. The molecular weight excluding hydrogens is 398 g/mol. The number of carbonyl (C=O) groups is 1. The highest BCUT2D eigenvalue weighted by Crippen LogP contribution is 2.25. The largest absolute Gasteiger partial charge is 0.297 e. The van der Waals surface area contributed by atoms with Gasteiger partial charge in [-0.15, -0.1) is 5.10 Å². The van der Waals surface area contributed by atoms with E-state index in [0.29, 0.717) is 22.1 Å². The molecule has 0 aliphatic heterocycles. The van der Waals surface area contributed by atoms with E-state index in [1.165, 1.54) is 10.7 Å². The van der Waals surface area contributed by atoms with Gasteiger partial charge in [0.2, 0.25) is 5.13 Å². The van der Waals surface area contributed by atoms with Crippen molar-refractivity contribution in [2.24, 2.45) is 0 Å². The maximum atomic E-state index is 14.1. The van der Waals surface area contributed by atoms with Crippen LogP contribution in [0.5, 0.6) is 0 Å². The number of aryl methyl sites for hydroxylation is 1. The van der Waals surface area contributed by atoms with Crippen molar-refractivity contribution in [3.8, 4) is 17.2 Å². The van der Waals surface area contributed by atoms with Crippen molar-refractivity contribution in [3.63, 3.8) is 0 Å². The molecule has 146 valence electrons. The Labute approximate surface area is 168 Å². The molecule has 4 aromatic rings. The van der Waals surface area contributed by atoms with Crippen molar-refractivity contribution in [1.29, 1.82) is 0 Å². The summed E-state index contributed by atoms with van der Waals surface area (Å²) in [4.78, 5) is 16.6. The molecule has 0 unspecified atom stereocenters. The van der Waals surface area contributed by atoms with Crippen molar-refractivity contribution < 1.29 is 13.6 Å². The van der Waals surface area contributed by atoms with E-state index in [9.17, 15) is 13.6 Å². The first-order valence-electron chi connectivity index (χ1n) is 8.52. The third kappa shape index (κ3) is 3.74. The smallest absolute Gasteiger partial charge is 0.257 e. The van der Waals surface area contributed by atoms with Gasteiger partial charge in [0, 0.05) is 23.2 Å². The molecule has 0 aliphatic rings. The van der Waals surface area contributed by atoms with Gasteiger partial charge in [-0.25, -0.2) is 13.5 Å². The molecule has 1 amide bonds. The average molecular weight is 412 g/mol. The third-order valence-corrected chi connectivity index (χ3v) is 4.84. The summed E-state index contributed by atoms with van der Waals surface area (Å²) < 4.78 is 32.6. The molecule has 1 N–H and O–H groups in total. The number of halogens is 2. The number of nitrogens with one attached hydrogen (secondary N) is 1. The van der Waals surface area contributed by atoms with Crippen molar-refractivity contribution in [1.82, 2.24) is 24.4 Å². The average Bonchev–Trinajstić information content (AvgIpc) is 3.29. The molecule has 2 heterocycles. The van der Waals surface area contributed by atoms with Gasteiger partial charge in [-0.2, -0.15) is 9.36 Å². The lowest BCUT2D eigenvalue weighted by Gasteiger charge is -2.04. The minimum absolute atomic E-state index is 0.0609. The number of amides is 1. The number of nitrogens with zero attached hydrogens (tertiary/aromatic N) is 5. The van der Waals surface area contributed by atoms with E-state index in [1.54, 1.807) is 19.1 Å². The van der Waals surface area contributed by atoms with E-state index in [2.05, 4.69) is 25.0 Å². The fourth-order valence-corrected chi connectivity index (χ4v) is 3.23. The highest BCUT2D eigenvalue weighted by Gasteiger charge is 2.19. The number of rotatable bonds is 4. The van der Waals surface area contributed by atoms with Crippen molar-refractivity contribution in [2.75, 3.05) is 5.32 Å². The van der Waals surface area contributed by atoms with Gasteiger partial charge in [0.25, 0.3) is 5.91 Å². The maximum Gasteiger partial charge on any atom is 0.257 e. The molecule has 4 rings (SSSR count). The first-order valence-corrected chi connectivity index (χ1v) is 9.29. The van der Waals surface area contributed by atoms with Crippen LogP contribution in [0.4, 0.5) is 13.9 Å². The third-order valence-electron chi connectivity index (χ3n) is 4.20. The second-order valence-corrected chi connectivity index (χ2v) is 7.03. The Bertz CT molecular complexity index is 1200. The Morgan fingerprint density at radius 1 is 1.10 bits per heavy atom. The van der Waals surface area contributed by atoms with Gasteiger partial charge in [-0.1, -0.05) is 22.9 Å². The first-order chi connectivity index (χ1) is 13.9. The van der Waals surface area contributed by atoms with Crippen LogP contribution in [0.1, 0.15) is 21.6 Å². The molecule has 0 saturated heterocycles. The van der Waals surface area contributed by atoms with Crippen LogP contribution < -0.4 is 5.32 Å². The molecule has 0 spiro atoms. The quantitative estimate of drug-likeness (QED) is 0.549. The van der Waals surface area contributed by atoms with Crippen molar-refractivity contribution in [2.45, 2.75) is 13.8 Å². The van der Waals surface area contributed by atoms with E-state index in [1.807, 2.05) is 19.1 Å². The summed E-state index contributed by atoms with van der Waals surface area (Å²) in [5.74, 6) is -1.50. The normalized spacial score (nSPS) is 10.9. The van der Waals surface area contributed by atoms with Crippen LogP contribution in [0.2, 0.25) is 0 Å². The minimum Gasteiger partial charge on any atom is -0.297 e. The topological polar surface area (TPSA) is 85.6 Å². The molecule has 0 bridgehead atoms. The molecule has 0 radical (unpaired) electrons. The van der Waals surface area contributed by atoms with Gasteiger partial charge >= 0.3 is 0 Å². The molecule has 0 saturated carbocycles. The molecule has 0 fully saturated rings. The molecule has 10 heteroatoms. The van der Waals surface area contributed by atoms with E-state index < -0.39 is 11.6 Å². The Balaban J connectivity index is 1.58. The lowest BCUT2D eigenvalue weighted by molar-refractivity contribution is 0.102. The van der Waals surface area contributed by atoms with Gasteiger partial charge in [0.15, 0.2) is 17.3 Å². The Morgan fingerprint density at radius 3 is 2.59 bits per heavy atom. The second kappa shape index (κ2) is 7.47. The summed E-state index contributed by atoms with van der Waals surface area (Å²) in [7, 11) is 0. The Hall–Kier alpha value is -3.53. The minimum atomic E-state index is -0.762. The predicted octanol–water partition coefficient (Wildman–Crippen LogP) is 3.93. The fourth-order valence-electron chi connectivity index (χ4n) is 2.66. The maximum absolute atomic E-state index is 14.1. The number of benzene rings is 2. The summed E-state index contributed by atoms with van der Waals surface area (Å²) in [6, 6.07) is 10.3. The van der Waals surface area contributed by atoms with Gasteiger partial charge in [-0.3, -0.25) is 10.1 Å². The Morgan fingerprint density at radius 2 is 1.86 bits per heavy atom. The molecule has 0 aliphatic carbocycles. The second-order valence-electron chi connectivity index (χ2n) is 6.27. The van der Waals surface area contributed by atoms with Crippen LogP contribution >= 0.6 is 11.5 Å². The van der Waals surface area contributed by atoms with Crippen LogP contribution in [0.15, 0.2) is 42.5 Å². The number of hydrogen-bond donors (Lipinski definition) is 1. The molecule has 2 aromatic carbocycles. The molecule has 7 nitrogen and oxygen atoms in total. The lowest BCUT2D eigenvalue weighted by atomic mass is 10.1. The predicted molar refractivity (Wildman–Crippen MR) is 104 cm³/mol. The van der Waals surface area contributed by atoms with Crippen LogP contribution in [-0.4, -0.2) is 30.3 Å². The van der Waals surface area contributed by atoms with Gasteiger partial charge < -0.3 is 0 Å². The molecule has 2 aromatic heterocycles. The number of hydrogen-bond acceptors (Lipinski definition) is 6. The fraction of sp³-hybridized carbons (Fsp3) is 0.105. The van der Waals surface area contributed by atoms with E-state index >= 15 is 0 Å². The van der Waals surface area contributed by atoms with E-state index in [0.717, 1.165) is 29.2 Å². The SMILES string of the molecule is Cc1ccc(C(=O)Nc2nc(-c3nnn(-c4ccc(F)cc4F)c3C)ns2)cc1. The first kappa shape index (κ1) is 18.8. The zero-order valence-corrected chi connectivity index (χ0v) is 16.2. The van der Waals surface area contributed by atoms with Crippen LogP contribution in [-0.2, 0) is 0 Å². The van der Waals surface area contributed by atoms with Gasteiger partial charge in [0.1, 0.15) is 11.5 Å². The summed E-state index contributed by atoms with van der Waals surface area (Å²) in [6.45, 7) is 3.61. The summed E-state index contributed by atoms with van der Waals surface area (Å²) >= 11 is 0.996. The lowest BCUT2D eigenvalue weighted by Crippen LogP contribution is -2.11. The molecule has 29 heavy (non-hydrogen) atoms. The monoisotopic (exact) mass is 412 g/mol. The number of aromatic nitrogens is 5. The van der Waals surface area contributed by atoms with Crippen LogP contribution in [0.25, 0.3) is 17.2 Å². The molecular formula is C19H14F2N6OS. The number of carbonyl (C=O) groups excluding carboxylic acids is 1. The standard InChI is InChI=1S/C19H14F2N6OS/c1-10-3-5-12(6-4-10)18(28)23-19-22-17(25-29-19)16-11(2)27(26-24-16)15-8-7-13(20)9-14(15)21/h3-9H,1-2H3,(H,22,23,25,28). The summed E-state index contributed by atoms with van der Waals surface area (Å²) in [6.07, 6.45) is 0. The summed E-state index contributed by atoms with van der Waals surface area (Å²) in [5, 5.41) is 10.9. The van der Waals surface area contributed by atoms with Gasteiger partial charge in [-0.05, 0) is 38.1 Å². The summed E-state index contributed by atoms with van der Waals surface area (Å²) in [5.41, 5.74) is 2.42. The highest BCUT2D eigenvalue weighted by atomic mass is 32.1. The van der Waals surface area contributed by atoms with Crippen LogP contribution in [0.3, 0.4) is 0 Å². The van der Waals surface area contributed by atoms with Crippen molar-refractivity contribution in [3.05, 3.63) is 70.9 Å². The zero-order valence-electron chi connectivity index (χ0n) is 15.3. The van der Waals surface area contributed by atoms with Crippen LogP contribution in [0, 0.1) is 25.5 Å².